The monoisotopic (exact) mass is 345 g/mol. The van der Waals surface area contributed by atoms with Crippen molar-refractivity contribution in [3.05, 3.63) is 33.9 Å². The summed E-state index contributed by atoms with van der Waals surface area (Å²) < 4.78 is 0. The van der Waals surface area contributed by atoms with Gasteiger partial charge < -0.3 is 5.32 Å². The van der Waals surface area contributed by atoms with Gasteiger partial charge in [0.1, 0.15) is 5.69 Å². The zero-order chi connectivity index (χ0) is 17.8. The highest BCUT2D eigenvalue weighted by atomic mass is 16.6. The second-order valence-corrected chi connectivity index (χ2v) is 7.32. The van der Waals surface area contributed by atoms with Crippen LogP contribution in [0.15, 0.2) is 18.2 Å². The minimum absolute atomic E-state index is 0.0116. The van der Waals surface area contributed by atoms with E-state index in [4.69, 9.17) is 0 Å². The van der Waals surface area contributed by atoms with E-state index in [0.717, 1.165) is 25.9 Å². The Morgan fingerprint density at radius 1 is 1.20 bits per heavy atom. The fraction of sp³-hybridized carbons (Fsp3) is 0.632. The van der Waals surface area contributed by atoms with Crippen LogP contribution in [-0.4, -0.2) is 40.8 Å². The molecule has 0 amide bonds. The number of nitrogens with zero attached hydrogens (tertiary/aromatic N) is 2. The van der Waals surface area contributed by atoms with Gasteiger partial charge in [0.2, 0.25) is 0 Å². The Morgan fingerprint density at radius 3 is 2.64 bits per heavy atom. The van der Waals surface area contributed by atoms with Crippen LogP contribution in [0.5, 0.6) is 0 Å². The molecular weight excluding hydrogens is 318 g/mol. The molecule has 1 aliphatic carbocycles. The van der Waals surface area contributed by atoms with Gasteiger partial charge in [0.05, 0.1) is 4.92 Å². The van der Waals surface area contributed by atoms with Crippen LogP contribution in [0.4, 0.5) is 11.4 Å². The summed E-state index contributed by atoms with van der Waals surface area (Å²) in [5, 5.41) is 14.8. The molecule has 1 unspecified atom stereocenters. The maximum atomic E-state index is 11.5. The SMILES string of the molecule is CC(=O)c1ccc(NC2CCCN(C3CCCCC3)C2)c([N+](=O)[O-])c1. The van der Waals surface area contributed by atoms with Crippen molar-refractivity contribution in [1.29, 1.82) is 0 Å². The zero-order valence-corrected chi connectivity index (χ0v) is 14.9. The maximum Gasteiger partial charge on any atom is 0.293 e. The quantitative estimate of drug-likeness (QED) is 0.496. The van der Waals surface area contributed by atoms with Crippen molar-refractivity contribution in [3.63, 3.8) is 0 Å². The molecule has 0 aromatic heterocycles. The molecule has 0 radical (unpaired) electrons. The largest absolute Gasteiger partial charge is 0.375 e. The fourth-order valence-electron chi connectivity index (χ4n) is 4.15. The maximum absolute atomic E-state index is 11.5. The van der Waals surface area contributed by atoms with E-state index in [-0.39, 0.29) is 17.5 Å². The molecule has 25 heavy (non-hydrogen) atoms. The first kappa shape index (κ1) is 17.9. The van der Waals surface area contributed by atoms with Crippen LogP contribution in [0.3, 0.4) is 0 Å². The number of carbonyl (C=O) groups is 1. The molecule has 2 aliphatic rings. The van der Waals surface area contributed by atoms with Gasteiger partial charge in [-0.05, 0) is 51.3 Å². The highest BCUT2D eigenvalue weighted by molar-refractivity contribution is 5.95. The van der Waals surface area contributed by atoms with E-state index < -0.39 is 4.92 Å². The van der Waals surface area contributed by atoms with Crippen LogP contribution in [-0.2, 0) is 0 Å². The molecule has 0 bridgehead atoms. The molecule has 1 saturated heterocycles. The lowest BCUT2D eigenvalue weighted by Crippen LogP contribution is -2.47. The number of carbonyl (C=O) groups excluding carboxylic acids is 1. The number of piperidine rings is 1. The lowest BCUT2D eigenvalue weighted by Gasteiger charge is -2.40. The average Bonchev–Trinajstić information content (AvgIpc) is 2.62. The molecule has 6 heteroatoms. The summed E-state index contributed by atoms with van der Waals surface area (Å²) in [7, 11) is 0. The number of benzene rings is 1. The van der Waals surface area contributed by atoms with E-state index in [1.165, 1.54) is 45.1 Å². The van der Waals surface area contributed by atoms with E-state index in [1.807, 2.05) is 0 Å². The number of ketones is 1. The van der Waals surface area contributed by atoms with Gasteiger partial charge in [-0.2, -0.15) is 0 Å². The van der Waals surface area contributed by atoms with Crippen LogP contribution in [0, 0.1) is 10.1 Å². The zero-order valence-electron chi connectivity index (χ0n) is 14.9. The Hall–Kier alpha value is -1.95. The van der Waals surface area contributed by atoms with Crippen molar-refractivity contribution >= 4 is 17.2 Å². The van der Waals surface area contributed by atoms with E-state index in [2.05, 4.69) is 10.2 Å². The number of likely N-dealkylation sites (tertiary alicyclic amines) is 1. The van der Waals surface area contributed by atoms with E-state index in [9.17, 15) is 14.9 Å². The third-order valence-corrected chi connectivity index (χ3v) is 5.50. The molecule has 1 aliphatic heterocycles. The lowest BCUT2D eigenvalue weighted by atomic mass is 9.92. The fourth-order valence-corrected chi connectivity index (χ4v) is 4.15. The number of nitro groups is 1. The minimum Gasteiger partial charge on any atom is -0.375 e. The predicted molar refractivity (Wildman–Crippen MR) is 98.2 cm³/mol. The lowest BCUT2D eigenvalue weighted by molar-refractivity contribution is -0.384. The summed E-state index contributed by atoms with van der Waals surface area (Å²) in [5.74, 6) is -0.157. The summed E-state index contributed by atoms with van der Waals surface area (Å²) in [5.41, 5.74) is 0.887. The van der Waals surface area contributed by atoms with Gasteiger partial charge in [-0.1, -0.05) is 19.3 Å². The van der Waals surface area contributed by atoms with Crippen LogP contribution < -0.4 is 5.32 Å². The van der Waals surface area contributed by atoms with Crippen LogP contribution in [0.1, 0.15) is 62.2 Å². The standard InChI is InChI=1S/C19H27N3O3/c1-14(23)15-9-10-18(19(12-15)22(24)25)20-16-6-5-11-21(13-16)17-7-3-2-4-8-17/h9-10,12,16-17,20H,2-8,11,13H2,1H3. The molecule has 0 spiro atoms. The Kier molecular flexibility index (Phi) is 5.68. The number of anilines is 1. The Balaban J connectivity index is 1.70. The van der Waals surface area contributed by atoms with Crippen molar-refractivity contribution in [2.24, 2.45) is 0 Å². The van der Waals surface area contributed by atoms with Gasteiger partial charge in [0, 0.05) is 30.3 Å². The topological polar surface area (TPSA) is 75.5 Å². The number of rotatable bonds is 5. The highest BCUT2D eigenvalue weighted by Gasteiger charge is 2.28. The van der Waals surface area contributed by atoms with Crippen molar-refractivity contribution in [2.75, 3.05) is 18.4 Å². The van der Waals surface area contributed by atoms with Gasteiger partial charge in [-0.15, -0.1) is 0 Å². The Bertz CT molecular complexity index is 641. The van der Waals surface area contributed by atoms with E-state index in [1.54, 1.807) is 12.1 Å². The molecule has 2 fully saturated rings. The van der Waals surface area contributed by atoms with Crippen LogP contribution in [0.2, 0.25) is 0 Å². The van der Waals surface area contributed by atoms with Gasteiger partial charge in [0.15, 0.2) is 5.78 Å². The molecule has 1 heterocycles. The predicted octanol–water partition coefficient (Wildman–Crippen LogP) is 4.01. The molecule has 1 atom stereocenters. The third-order valence-electron chi connectivity index (χ3n) is 5.50. The molecule has 1 aromatic carbocycles. The van der Waals surface area contributed by atoms with Crippen LogP contribution in [0.25, 0.3) is 0 Å². The molecular formula is C19H27N3O3. The van der Waals surface area contributed by atoms with Crippen molar-refractivity contribution in [3.8, 4) is 0 Å². The number of nitro benzene ring substituents is 1. The summed E-state index contributed by atoms with van der Waals surface area (Å²) in [6.07, 6.45) is 8.68. The molecule has 6 nitrogen and oxygen atoms in total. The minimum atomic E-state index is -0.406. The highest BCUT2D eigenvalue weighted by Crippen LogP contribution is 2.30. The number of Topliss-reactive ketones (excluding diaryl/α,β-unsaturated/α-hetero) is 1. The van der Waals surface area contributed by atoms with Crippen LogP contribution >= 0.6 is 0 Å². The average molecular weight is 345 g/mol. The Labute approximate surface area is 148 Å². The third kappa shape index (κ3) is 4.37. The number of nitrogens with one attached hydrogen (secondary N) is 1. The summed E-state index contributed by atoms with van der Waals surface area (Å²) in [4.78, 5) is 25.0. The normalized spacial score (nSPS) is 22.5. The van der Waals surface area contributed by atoms with Gasteiger partial charge >= 0.3 is 0 Å². The van der Waals surface area contributed by atoms with E-state index in [0.29, 0.717) is 17.3 Å². The van der Waals surface area contributed by atoms with E-state index >= 15 is 0 Å². The van der Waals surface area contributed by atoms with Crippen molar-refractivity contribution < 1.29 is 9.72 Å². The first-order valence-corrected chi connectivity index (χ1v) is 9.34. The smallest absolute Gasteiger partial charge is 0.293 e. The number of hydrogen-bond donors (Lipinski definition) is 1. The second kappa shape index (κ2) is 7.95. The summed E-state index contributed by atoms with van der Waals surface area (Å²) >= 11 is 0. The van der Waals surface area contributed by atoms with Crippen molar-refractivity contribution in [1.82, 2.24) is 4.90 Å². The summed E-state index contributed by atoms with van der Waals surface area (Å²) in [6, 6.07) is 5.62. The van der Waals surface area contributed by atoms with Gasteiger partial charge in [-0.25, -0.2) is 0 Å². The second-order valence-electron chi connectivity index (χ2n) is 7.32. The first-order chi connectivity index (χ1) is 12.0. The van der Waals surface area contributed by atoms with Gasteiger partial charge in [0.25, 0.3) is 5.69 Å². The Morgan fingerprint density at radius 2 is 1.96 bits per heavy atom. The number of hydrogen-bond acceptors (Lipinski definition) is 5. The van der Waals surface area contributed by atoms with Gasteiger partial charge in [-0.3, -0.25) is 19.8 Å². The summed E-state index contributed by atoms with van der Waals surface area (Å²) in [6.45, 7) is 3.50. The van der Waals surface area contributed by atoms with Crippen molar-refractivity contribution in [2.45, 2.75) is 64.0 Å². The molecule has 136 valence electrons. The first-order valence-electron chi connectivity index (χ1n) is 9.34. The molecule has 1 saturated carbocycles. The molecule has 3 rings (SSSR count). The molecule has 1 N–H and O–H groups in total. The molecule has 1 aromatic rings.